The smallest absolute Gasteiger partial charge is 0.226 e. The van der Waals surface area contributed by atoms with Gasteiger partial charge in [-0.05, 0) is 31.4 Å². The highest BCUT2D eigenvalue weighted by Gasteiger charge is 2.23. The molecule has 2 aromatic rings. The van der Waals surface area contributed by atoms with Gasteiger partial charge < -0.3 is 5.32 Å². The summed E-state index contributed by atoms with van der Waals surface area (Å²) in [7, 11) is 0. The van der Waals surface area contributed by atoms with Gasteiger partial charge in [0.2, 0.25) is 5.91 Å². The topological polar surface area (TPSA) is 42.0 Å². The molecular formula is C15H16N2O. The number of nitrogens with zero attached hydrogens (tertiary/aromatic N) is 1. The van der Waals surface area contributed by atoms with Crippen LogP contribution in [0.25, 0.3) is 10.9 Å². The lowest BCUT2D eigenvalue weighted by atomic mass is 10.1. The van der Waals surface area contributed by atoms with Crippen LogP contribution in [0.3, 0.4) is 0 Å². The molecule has 1 heterocycles. The van der Waals surface area contributed by atoms with Crippen molar-refractivity contribution in [1.82, 2.24) is 10.3 Å². The molecule has 18 heavy (non-hydrogen) atoms. The summed E-state index contributed by atoms with van der Waals surface area (Å²) < 4.78 is 0. The van der Waals surface area contributed by atoms with E-state index in [0.29, 0.717) is 12.5 Å². The monoisotopic (exact) mass is 240 g/mol. The van der Waals surface area contributed by atoms with Crippen molar-refractivity contribution in [2.24, 2.45) is 0 Å². The van der Waals surface area contributed by atoms with E-state index in [-0.39, 0.29) is 5.91 Å². The molecule has 0 radical (unpaired) electrons. The highest BCUT2D eigenvalue weighted by molar-refractivity contribution is 5.83. The predicted octanol–water partition coefficient (Wildman–Crippen LogP) is 2.36. The average Bonchev–Trinajstić information content (AvgIpc) is 3.14. The maximum Gasteiger partial charge on any atom is 0.226 e. The lowest BCUT2D eigenvalue weighted by Gasteiger charge is -2.05. The summed E-state index contributed by atoms with van der Waals surface area (Å²) in [5.41, 5.74) is 2.99. The minimum absolute atomic E-state index is 0.0814. The van der Waals surface area contributed by atoms with E-state index in [9.17, 15) is 4.79 Å². The first-order chi connectivity index (χ1) is 8.72. The number of carbonyl (C=O) groups excluding carboxylic acids is 1. The van der Waals surface area contributed by atoms with Gasteiger partial charge in [0.05, 0.1) is 17.6 Å². The number of rotatable bonds is 3. The molecule has 92 valence electrons. The van der Waals surface area contributed by atoms with Gasteiger partial charge in [-0.3, -0.25) is 9.78 Å². The fourth-order valence-corrected chi connectivity index (χ4v) is 2.11. The zero-order chi connectivity index (χ0) is 12.5. The van der Waals surface area contributed by atoms with Crippen LogP contribution in [-0.4, -0.2) is 16.9 Å². The Morgan fingerprint density at radius 1 is 1.33 bits per heavy atom. The van der Waals surface area contributed by atoms with Gasteiger partial charge in [-0.15, -0.1) is 0 Å². The van der Waals surface area contributed by atoms with Gasteiger partial charge in [0.15, 0.2) is 0 Å². The minimum Gasteiger partial charge on any atom is -0.353 e. The first-order valence-corrected chi connectivity index (χ1v) is 6.37. The molecule has 3 heteroatoms. The fourth-order valence-electron chi connectivity index (χ4n) is 2.11. The number of amides is 1. The SMILES string of the molecule is Cc1cccc2ccc(CC(=O)NC3CC3)nc12. The number of hydrogen-bond donors (Lipinski definition) is 1. The molecule has 0 unspecified atom stereocenters. The summed E-state index contributed by atoms with van der Waals surface area (Å²) >= 11 is 0. The van der Waals surface area contributed by atoms with Crippen LogP contribution in [0.2, 0.25) is 0 Å². The van der Waals surface area contributed by atoms with Crippen LogP contribution in [0, 0.1) is 6.92 Å². The molecule has 1 aromatic heterocycles. The first kappa shape index (κ1) is 11.2. The highest BCUT2D eigenvalue weighted by atomic mass is 16.1. The lowest BCUT2D eigenvalue weighted by molar-refractivity contribution is -0.120. The van der Waals surface area contributed by atoms with E-state index in [4.69, 9.17) is 0 Å². The molecule has 0 saturated heterocycles. The van der Waals surface area contributed by atoms with Crippen LogP contribution < -0.4 is 5.32 Å². The second-order valence-corrected chi connectivity index (χ2v) is 4.97. The van der Waals surface area contributed by atoms with Crippen molar-refractivity contribution < 1.29 is 4.79 Å². The normalized spacial score (nSPS) is 14.7. The number of nitrogens with one attached hydrogen (secondary N) is 1. The Morgan fingerprint density at radius 3 is 2.94 bits per heavy atom. The summed E-state index contributed by atoms with van der Waals surface area (Å²) in [5, 5.41) is 4.11. The summed E-state index contributed by atoms with van der Waals surface area (Å²) in [6, 6.07) is 10.5. The number of hydrogen-bond acceptors (Lipinski definition) is 2. The minimum atomic E-state index is 0.0814. The molecule has 0 atom stereocenters. The molecule has 1 aliphatic rings. The molecule has 1 fully saturated rings. The van der Waals surface area contributed by atoms with Crippen molar-refractivity contribution in [2.45, 2.75) is 32.2 Å². The quantitative estimate of drug-likeness (QED) is 0.895. The number of aromatic nitrogens is 1. The molecule has 1 amide bonds. The zero-order valence-corrected chi connectivity index (χ0v) is 10.4. The third-order valence-corrected chi connectivity index (χ3v) is 3.26. The maximum absolute atomic E-state index is 11.7. The molecule has 0 aliphatic heterocycles. The van der Waals surface area contributed by atoms with Gasteiger partial charge in [-0.2, -0.15) is 0 Å². The summed E-state index contributed by atoms with van der Waals surface area (Å²) in [6.45, 7) is 2.05. The van der Waals surface area contributed by atoms with E-state index in [1.165, 1.54) is 0 Å². The van der Waals surface area contributed by atoms with E-state index in [1.54, 1.807) is 0 Å². The average molecular weight is 240 g/mol. The molecule has 0 bridgehead atoms. The molecule has 1 N–H and O–H groups in total. The van der Waals surface area contributed by atoms with Gasteiger partial charge in [0, 0.05) is 11.4 Å². The predicted molar refractivity (Wildman–Crippen MR) is 71.3 cm³/mol. The first-order valence-electron chi connectivity index (χ1n) is 6.37. The Hall–Kier alpha value is -1.90. The van der Waals surface area contributed by atoms with Crippen molar-refractivity contribution >= 4 is 16.8 Å². The Kier molecular flexibility index (Phi) is 2.74. The molecule has 1 aromatic carbocycles. The number of aryl methyl sites for hydroxylation is 1. The Morgan fingerprint density at radius 2 is 2.17 bits per heavy atom. The molecular weight excluding hydrogens is 224 g/mol. The van der Waals surface area contributed by atoms with Crippen molar-refractivity contribution in [2.75, 3.05) is 0 Å². The van der Waals surface area contributed by atoms with Crippen LogP contribution in [0.15, 0.2) is 30.3 Å². The third kappa shape index (κ3) is 2.35. The number of carbonyl (C=O) groups is 1. The van der Waals surface area contributed by atoms with Crippen molar-refractivity contribution in [3.63, 3.8) is 0 Å². The van der Waals surface area contributed by atoms with E-state index in [0.717, 1.165) is 35.0 Å². The van der Waals surface area contributed by atoms with Gasteiger partial charge in [-0.1, -0.05) is 24.3 Å². The van der Waals surface area contributed by atoms with Crippen molar-refractivity contribution in [1.29, 1.82) is 0 Å². The second kappa shape index (κ2) is 4.41. The molecule has 0 spiro atoms. The van der Waals surface area contributed by atoms with Crippen molar-refractivity contribution in [3.05, 3.63) is 41.6 Å². The van der Waals surface area contributed by atoms with Crippen LogP contribution in [0.4, 0.5) is 0 Å². The number of fused-ring (bicyclic) bond motifs is 1. The Balaban J connectivity index is 1.83. The lowest BCUT2D eigenvalue weighted by Crippen LogP contribution is -2.27. The molecule has 1 aliphatic carbocycles. The van der Waals surface area contributed by atoms with Crippen LogP contribution in [0.1, 0.15) is 24.1 Å². The molecule has 3 nitrogen and oxygen atoms in total. The summed E-state index contributed by atoms with van der Waals surface area (Å²) in [5.74, 6) is 0.0814. The standard InChI is InChI=1S/C15H16N2O/c1-10-3-2-4-11-5-6-13(17-15(10)11)9-14(18)16-12-7-8-12/h2-6,12H,7-9H2,1H3,(H,16,18). The van der Waals surface area contributed by atoms with Crippen LogP contribution >= 0.6 is 0 Å². The van der Waals surface area contributed by atoms with E-state index in [1.807, 2.05) is 37.3 Å². The summed E-state index contributed by atoms with van der Waals surface area (Å²) in [6.07, 6.45) is 2.62. The van der Waals surface area contributed by atoms with Gasteiger partial charge in [0.1, 0.15) is 0 Å². The largest absolute Gasteiger partial charge is 0.353 e. The van der Waals surface area contributed by atoms with Crippen LogP contribution in [-0.2, 0) is 11.2 Å². The fraction of sp³-hybridized carbons (Fsp3) is 0.333. The summed E-state index contributed by atoms with van der Waals surface area (Å²) in [4.78, 5) is 16.3. The Bertz CT molecular complexity index is 602. The maximum atomic E-state index is 11.7. The zero-order valence-electron chi connectivity index (χ0n) is 10.4. The second-order valence-electron chi connectivity index (χ2n) is 4.97. The van der Waals surface area contributed by atoms with E-state index < -0.39 is 0 Å². The molecule has 3 rings (SSSR count). The van der Waals surface area contributed by atoms with Crippen molar-refractivity contribution in [3.8, 4) is 0 Å². The number of benzene rings is 1. The number of para-hydroxylation sites is 1. The Labute approximate surface area is 106 Å². The van der Waals surface area contributed by atoms with Gasteiger partial charge >= 0.3 is 0 Å². The van der Waals surface area contributed by atoms with E-state index in [2.05, 4.69) is 10.3 Å². The number of pyridine rings is 1. The molecule has 1 saturated carbocycles. The van der Waals surface area contributed by atoms with Gasteiger partial charge in [-0.25, -0.2) is 0 Å². The van der Waals surface area contributed by atoms with E-state index >= 15 is 0 Å². The van der Waals surface area contributed by atoms with Gasteiger partial charge in [0.25, 0.3) is 0 Å². The third-order valence-electron chi connectivity index (χ3n) is 3.26. The van der Waals surface area contributed by atoms with Crippen LogP contribution in [0.5, 0.6) is 0 Å². The highest BCUT2D eigenvalue weighted by Crippen LogP contribution is 2.19.